The quantitative estimate of drug-likeness (QED) is 0.746. The Balaban J connectivity index is 2.33. The van der Waals surface area contributed by atoms with Crippen LogP contribution >= 0.6 is 0 Å². The van der Waals surface area contributed by atoms with Crippen LogP contribution in [0, 0.1) is 0 Å². The van der Waals surface area contributed by atoms with Gasteiger partial charge in [0.1, 0.15) is 11.5 Å². The smallest absolute Gasteiger partial charge is 0.276 e. The standard InChI is InChI=1S/C8H11N5O/c1-4(2)7-10-8(14-13-7)5-3-6(9)12-11-5/h3-4H,1-2H3,(H3,9,11,12). The summed E-state index contributed by atoms with van der Waals surface area (Å²) in [6.45, 7) is 3.99. The number of H-pyrrole nitrogens is 1. The minimum absolute atomic E-state index is 0.243. The molecule has 0 spiro atoms. The van der Waals surface area contributed by atoms with Gasteiger partial charge in [-0.25, -0.2) is 0 Å². The second kappa shape index (κ2) is 3.13. The summed E-state index contributed by atoms with van der Waals surface area (Å²) in [7, 11) is 0. The highest BCUT2D eigenvalue weighted by Crippen LogP contribution is 2.18. The fraction of sp³-hybridized carbons (Fsp3) is 0.375. The monoisotopic (exact) mass is 193 g/mol. The number of rotatable bonds is 2. The van der Waals surface area contributed by atoms with E-state index >= 15 is 0 Å². The molecule has 0 radical (unpaired) electrons. The fourth-order valence-corrected chi connectivity index (χ4v) is 1.03. The summed E-state index contributed by atoms with van der Waals surface area (Å²) >= 11 is 0. The lowest BCUT2D eigenvalue weighted by atomic mass is 10.2. The largest absolute Gasteiger partial charge is 0.382 e. The van der Waals surface area contributed by atoms with Crippen LogP contribution < -0.4 is 5.73 Å². The molecule has 2 heterocycles. The maximum Gasteiger partial charge on any atom is 0.276 e. The Morgan fingerprint density at radius 3 is 2.79 bits per heavy atom. The summed E-state index contributed by atoms with van der Waals surface area (Å²) in [5.41, 5.74) is 6.09. The lowest BCUT2D eigenvalue weighted by Gasteiger charge is -1.91. The van der Waals surface area contributed by atoms with Crippen molar-refractivity contribution in [3.8, 4) is 11.6 Å². The van der Waals surface area contributed by atoms with Gasteiger partial charge >= 0.3 is 0 Å². The fourth-order valence-electron chi connectivity index (χ4n) is 1.03. The van der Waals surface area contributed by atoms with Gasteiger partial charge in [-0.3, -0.25) is 5.10 Å². The van der Waals surface area contributed by atoms with Crippen molar-refractivity contribution in [3.05, 3.63) is 11.9 Å². The number of aromatic nitrogens is 4. The Morgan fingerprint density at radius 2 is 2.29 bits per heavy atom. The molecular weight excluding hydrogens is 182 g/mol. The number of nitrogen functional groups attached to an aromatic ring is 1. The predicted octanol–water partition coefficient (Wildman–Crippen LogP) is 1.17. The number of nitrogens with zero attached hydrogens (tertiary/aromatic N) is 3. The maximum absolute atomic E-state index is 5.45. The summed E-state index contributed by atoms with van der Waals surface area (Å²) < 4.78 is 5.04. The summed E-state index contributed by atoms with van der Waals surface area (Å²) in [5, 5.41) is 10.3. The van der Waals surface area contributed by atoms with E-state index in [0.717, 1.165) is 0 Å². The van der Waals surface area contributed by atoms with Gasteiger partial charge in [-0.2, -0.15) is 10.1 Å². The zero-order chi connectivity index (χ0) is 10.1. The summed E-state index contributed by atoms with van der Waals surface area (Å²) in [4.78, 5) is 4.19. The van der Waals surface area contributed by atoms with Gasteiger partial charge < -0.3 is 10.3 Å². The van der Waals surface area contributed by atoms with E-state index in [-0.39, 0.29) is 5.92 Å². The van der Waals surface area contributed by atoms with E-state index in [2.05, 4.69) is 20.3 Å². The highest BCUT2D eigenvalue weighted by molar-refractivity contribution is 5.51. The summed E-state index contributed by atoms with van der Waals surface area (Å²) in [5.74, 6) is 1.74. The summed E-state index contributed by atoms with van der Waals surface area (Å²) in [6.07, 6.45) is 0. The lowest BCUT2D eigenvalue weighted by Crippen LogP contribution is -1.89. The van der Waals surface area contributed by atoms with E-state index < -0.39 is 0 Å². The Labute approximate surface area is 80.5 Å². The zero-order valence-corrected chi connectivity index (χ0v) is 7.98. The number of nitrogens with two attached hydrogens (primary N) is 1. The predicted molar refractivity (Wildman–Crippen MR) is 50.4 cm³/mol. The minimum atomic E-state index is 0.243. The first-order valence-electron chi connectivity index (χ1n) is 4.31. The van der Waals surface area contributed by atoms with Crippen LogP contribution in [0.25, 0.3) is 11.6 Å². The second-order valence-corrected chi connectivity index (χ2v) is 3.32. The average Bonchev–Trinajstić information content (AvgIpc) is 2.70. The van der Waals surface area contributed by atoms with E-state index in [4.69, 9.17) is 10.3 Å². The molecule has 0 aromatic carbocycles. The Bertz CT molecular complexity index is 430. The molecular formula is C8H11N5O. The Morgan fingerprint density at radius 1 is 1.50 bits per heavy atom. The molecule has 0 saturated carbocycles. The van der Waals surface area contributed by atoms with Crippen molar-refractivity contribution < 1.29 is 4.52 Å². The number of hydrogen-bond donors (Lipinski definition) is 2. The van der Waals surface area contributed by atoms with Crippen molar-refractivity contribution in [3.63, 3.8) is 0 Å². The van der Waals surface area contributed by atoms with Gasteiger partial charge in [0.25, 0.3) is 5.89 Å². The molecule has 0 aliphatic heterocycles. The molecule has 2 rings (SSSR count). The van der Waals surface area contributed by atoms with Crippen LogP contribution in [0.3, 0.4) is 0 Å². The first-order valence-corrected chi connectivity index (χ1v) is 4.31. The molecule has 0 fully saturated rings. The third kappa shape index (κ3) is 1.46. The molecule has 2 aromatic heterocycles. The van der Waals surface area contributed by atoms with E-state index in [9.17, 15) is 0 Å². The molecule has 0 saturated heterocycles. The third-order valence-electron chi connectivity index (χ3n) is 1.79. The van der Waals surface area contributed by atoms with Gasteiger partial charge in [-0.1, -0.05) is 19.0 Å². The van der Waals surface area contributed by atoms with Crippen LogP contribution in [0.1, 0.15) is 25.6 Å². The molecule has 0 aliphatic rings. The van der Waals surface area contributed by atoms with E-state index in [1.54, 1.807) is 6.07 Å². The van der Waals surface area contributed by atoms with E-state index in [1.807, 2.05) is 13.8 Å². The number of nitrogens with one attached hydrogen (secondary N) is 1. The maximum atomic E-state index is 5.45. The van der Waals surface area contributed by atoms with E-state index in [1.165, 1.54) is 0 Å². The van der Waals surface area contributed by atoms with Crippen LogP contribution in [0.5, 0.6) is 0 Å². The lowest BCUT2D eigenvalue weighted by molar-refractivity contribution is 0.418. The van der Waals surface area contributed by atoms with Crippen molar-refractivity contribution >= 4 is 5.82 Å². The average molecular weight is 193 g/mol. The topological polar surface area (TPSA) is 93.6 Å². The molecule has 6 nitrogen and oxygen atoms in total. The van der Waals surface area contributed by atoms with Crippen molar-refractivity contribution in [1.29, 1.82) is 0 Å². The van der Waals surface area contributed by atoms with Crippen LogP contribution in [-0.2, 0) is 0 Å². The van der Waals surface area contributed by atoms with E-state index in [0.29, 0.717) is 23.2 Å². The molecule has 6 heteroatoms. The Hall–Kier alpha value is -1.85. The van der Waals surface area contributed by atoms with Gasteiger partial charge in [-0.05, 0) is 0 Å². The highest BCUT2D eigenvalue weighted by Gasteiger charge is 2.12. The van der Waals surface area contributed by atoms with Crippen molar-refractivity contribution in [1.82, 2.24) is 20.3 Å². The normalized spacial score (nSPS) is 11.1. The van der Waals surface area contributed by atoms with Gasteiger partial charge in [0, 0.05) is 12.0 Å². The summed E-state index contributed by atoms with van der Waals surface area (Å²) in [6, 6.07) is 1.65. The SMILES string of the molecule is CC(C)c1noc(-c2cc(N)n[nH]2)n1. The highest BCUT2D eigenvalue weighted by atomic mass is 16.5. The number of hydrogen-bond acceptors (Lipinski definition) is 5. The van der Waals surface area contributed by atoms with Crippen molar-refractivity contribution in [2.45, 2.75) is 19.8 Å². The van der Waals surface area contributed by atoms with Gasteiger partial charge in [0.2, 0.25) is 0 Å². The van der Waals surface area contributed by atoms with Crippen LogP contribution in [0.2, 0.25) is 0 Å². The zero-order valence-electron chi connectivity index (χ0n) is 7.98. The molecule has 0 amide bonds. The number of anilines is 1. The molecule has 3 N–H and O–H groups in total. The third-order valence-corrected chi connectivity index (χ3v) is 1.79. The first kappa shape index (κ1) is 8.74. The first-order chi connectivity index (χ1) is 6.66. The molecule has 0 bridgehead atoms. The molecule has 2 aromatic rings. The molecule has 0 aliphatic carbocycles. The molecule has 14 heavy (non-hydrogen) atoms. The van der Waals surface area contributed by atoms with Crippen molar-refractivity contribution in [2.75, 3.05) is 5.73 Å². The molecule has 0 atom stereocenters. The van der Waals surface area contributed by atoms with Gasteiger partial charge in [-0.15, -0.1) is 0 Å². The Kier molecular flexibility index (Phi) is 1.95. The second-order valence-electron chi connectivity index (χ2n) is 3.32. The van der Waals surface area contributed by atoms with Crippen molar-refractivity contribution in [2.24, 2.45) is 0 Å². The minimum Gasteiger partial charge on any atom is -0.382 e. The van der Waals surface area contributed by atoms with Crippen LogP contribution in [-0.4, -0.2) is 20.3 Å². The van der Waals surface area contributed by atoms with Gasteiger partial charge in [0.05, 0.1) is 0 Å². The molecule has 0 unspecified atom stereocenters. The number of aromatic amines is 1. The van der Waals surface area contributed by atoms with Crippen LogP contribution in [0.4, 0.5) is 5.82 Å². The molecule has 74 valence electrons. The van der Waals surface area contributed by atoms with Crippen LogP contribution in [0.15, 0.2) is 10.6 Å². The van der Waals surface area contributed by atoms with Gasteiger partial charge in [0.15, 0.2) is 5.82 Å².